The zero-order valence-corrected chi connectivity index (χ0v) is 15.4. The molecule has 2 fully saturated rings. The summed E-state index contributed by atoms with van der Waals surface area (Å²) in [6, 6.07) is 10.2. The Kier molecular flexibility index (Phi) is 5.42. The number of imide groups is 1. The van der Waals surface area contributed by atoms with Crippen LogP contribution in [0.25, 0.3) is 0 Å². The fourth-order valence-corrected chi connectivity index (χ4v) is 3.98. The number of hydrogen-bond acceptors (Lipinski definition) is 4. The van der Waals surface area contributed by atoms with Crippen LogP contribution in [0.3, 0.4) is 0 Å². The number of likely N-dealkylation sites (tertiary alicyclic amines) is 1. The van der Waals surface area contributed by atoms with Crippen molar-refractivity contribution in [3.05, 3.63) is 35.9 Å². The predicted octanol–water partition coefficient (Wildman–Crippen LogP) is 3.15. The smallest absolute Gasteiger partial charge is 0.416 e. The molecule has 1 aromatic carbocycles. The third-order valence-electron chi connectivity index (χ3n) is 5.52. The van der Waals surface area contributed by atoms with E-state index < -0.39 is 6.09 Å². The van der Waals surface area contributed by atoms with Crippen molar-refractivity contribution in [2.24, 2.45) is 17.8 Å². The van der Waals surface area contributed by atoms with Gasteiger partial charge in [0.15, 0.2) is 0 Å². The van der Waals surface area contributed by atoms with E-state index in [9.17, 15) is 9.59 Å². The maximum absolute atomic E-state index is 13.1. The molecule has 0 bridgehead atoms. The monoisotopic (exact) mass is 344 g/mol. The summed E-state index contributed by atoms with van der Waals surface area (Å²) >= 11 is 0. The Hall–Kier alpha value is -1.88. The van der Waals surface area contributed by atoms with E-state index in [1.807, 2.05) is 32.0 Å². The fraction of sp³-hybridized carbons (Fsp3) is 0.600. The highest BCUT2D eigenvalue weighted by atomic mass is 16.6. The van der Waals surface area contributed by atoms with Gasteiger partial charge in [0.05, 0.1) is 12.0 Å². The van der Waals surface area contributed by atoms with Crippen molar-refractivity contribution in [2.45, 2.75) is 39.8 Å². The molecule has 2 aliphatic rings. The lowest BCUT2D eigenvalue weighted by molar-refractivity contribution is -0.134. The Morgan fingerprint density at radius 2 is 1.96 bits per heavy atom. The van der Waals surface area contributed by atoms with Crippen molar-refractivity contribution in [1.82, 2.24) is 9.80 Å². The van der Waals surface area contributed by atoms with Crippen LogP contribution in [0.2, 0.25) is 0 Å². The number of rotatable bonds is 5. The van der Waals surface area contributed by atoms with Gasteiger partial charge in [0.1, 0.15) is 6.61 Å². The van der Waals surface area contributed by atoms with E-state index >= 15 is 0 Å². The second-order valence-corrected chi connectivity index (χ2v) is 7.55. The van der Waals surface area contributed by atoms with Crippen molar-refractivity contribution in [3.63, 3.8) is 0 Å². The molecule has 136 valence electrons. The largest absolute Gasteiger partial charge is 0.447 e. The summed E-state index contributed by atoms with van der Waals surface area (Å²) in [6.45, 7) is 8.96. The SMILES string of the molecule is CC[C@H]1CN(Cc2ccccc2)C[C@H]1C(=O)N1C(=O)OC[C@@H]1C(C)C. The number of carbonyl (C=O) groups excluding carboxylic acids is 2. The molecule has 5 nitrogen and oxygen atoms in total. The van der Waals surface area contributed by atoms with Gasteiger partial charge >= 0.3 is 6.09 Å². The van der Waals surface area contributed by atoms with Gasteiger partial charge in [-0.25, -0.2) is 9.69 Å². The fourth-order valence-electron chi connectivity index (χ4n) is 3.98. The Labute approximate surface area is 149 Å². The molecule has 0 aromatic heterocycles. The first-order valence-electron chi connectivity index (χ1n) is 9.27. The molecule has 2 aliphatic heterocycles. The van der Waals surface area contributed by atoms with Gasteiger partial charge in [-0.3, -0.25) is 9.69 Å². The van der Waals surface area contributed by atoms with Crippen LogP contribution in [-0.2, 0) is 16.1 Å². The summed E-state index contributed by atoms with van der Waals surface area (Å²) in [5.74, 6) is 0.318. The lowest BCUT2D eigenvalue weighted by atomic mass is 9.91. The van der Waals surface area contributed by atoms with E-state index in [1.54, 1.807) is 0 Å². The molecule has 25 heavy (non-hydrogen) atoms. The van der Waals surface area contributed by atoms with E-state index in [-0.39, 0.29) is 29.7 Å². The summed E-state index contributed by atoms with van der Waals surface area (Å²) in [7, 11) is 0. The lowest BCUT2D eigenvalue weighted by Crippen LogP contribution is -2.46. The van der Waals surface area contributed by atoms with Gasteiger partial charge in [-0.15, -0.1) is 0 Å². The van der Waals surface area contributed by atoms with Crippen LogP contribution in [0.4, 0.5) is 4.79 Å². The van der Waals surface area contributed by atoms with Crippen molar-refractivity contribution >= 4 is 12.0 Å². The van der Waals surface area contributed by atoms with Gasteiger partial charge in [-0.1, -0.05) is 57.5 Å². The van der Waals surface area contributed by atoms with Crippen LogP contribution in [0.15, 0.2) is 30.3 Å². The number of amides is 2. The molecule has 0 unspecified atom stereocenters. The van der Waals surface area contributed by atoms with E-state index in [4.69, 9.17) is 4.74 Å². The lowest BCUT2D eigenvalue weighted by Gasteiger charge is -2.27. The van der Waals surface area contributed by atoms with Gasteiger partial charge in [0, 0.05) is 19.6 Å². The average molecular weight is 344 g/mol. The first-order valence-corrected chi connectivity index (χ1v) is 9.27. The molecule has 1 aromatic rings. The van der Waals surface area contributed by atoms with Crippen LogP contribution < -0.4 is 0 Å². The van der Waals surface area contributed by atoms with E-state index in [0.29, 0.717) is 13.2 Å². The molecule has 0 radical (unpaired) electrons. The second kappa shape index (κ2) is 7.56. The zero-order chi connectivity index (χ0) is 18.0. The van der Waals surface area contributed by atoms with E-state index in [0.717, 1.165) is 19.5 Å². The van der Waals surface area contributed by atoms with Gasteiger partial charge < -0.3 is 4.74 Å². The van der Waals surface area contributed by atoms with Gasteiger partial charge in [-0.2, -0.15) is 0 Å². The summed E-state index contributed by atoms with van der Waals surface area (Å²) in [6.07, 6.45) is 0.469. The van der Waals surface area contributed by atoms with Crippen LogP contribution in [0.5, 0.6) is 0 Å². The van der Waals surface area contributed by atoms with Crippen molar-refractivity contribution in [3.8, 4) is 0 Å². The summed E-state index contributed by atoms with van der Waals surface area (Å²) in [4.78, 5) is 29.0. The number of hydrogen-bond donors (Lipinski definition) is 0. The molecule has 5 heteroatoms. The number of cyclic esters (lactones) is 1. The van der Waals surface area contributed by atoms with Gasteiger partial charge in [0.2, 0.25) is 5.91 Å². The Morgan fingerprint density at radius 3 is 2.60 bits per heavy atom. The molecule has 0 aliphatic carbocycles. The predicted molar refractivity (Wildman–Crippen MR) is 95.8 cm³/mol. The van der Waals surface area contributed by atoms with Crippen LogP contribution in [0, 0.1) is 17.8 Å². The molecule has 2 saturated heterocycles. The quantitative estimate of drug-likeness (QED) is 0.823. The molecule has 2 amide bonds. The Bertz CT molecular complexity index is 617. The minimum Gasteiger partial charge on any atom is -0.447 e. The number of carbonyl (C=O) groups is 2. The highest BCUT2D eigenvalue weighted by Crippen LogP contribution is 2.32. The van der Waals surface area contributed by atoms with Crippen LogP contribution in [-0.4, -0.2) is 47.5 Å². The molecule has 2 heterocycles. The van der Waals surface area contributed by atoms with Crippen molar-refractivity contribution < 1.29 is 14.3 Å². The summed E-state index contributed by atoms with van der Waals surface area (Å²) < 4.78 is 5.16. The normalized spacial score (nSPS) is 27.1. The molecular weight excluding hydrogens is 316 g/mol. The number of benzene rings is 1. The molecule has 0 N–H and O–H groups in total. The third kappa shape index (κ3) is 3.71. The van der Waals surface area contributed by atoms with Crippen molar-refractivity contribution in [1.29, 1.82) is 0 Å². The molecule has 0 saturated carbocycles. The Balaban J connectivity index is 1.72. The van der Waals surface area contributed by atoms with Crippen LogP contribution in [0.1, 0.15) is 32.8 Å². The standard InChI is InChI=1S/C20H28N2O3/c1-4-16-11-21(10-15-8-6-5-7-9-15)12-17(16)19(23)22-18(14(2)3)13-25-20(22)24/h5-9,14,16-18H,4,10-13H2,1-3H3/t16-,17+,18+/m0/s1. The molecular formula is C20H28N2O3. The first-order chi connectivity index (χ1) is 12.0. The minimum absolute atomic E-state index is 0.0522. The van der Waals surface area contributed by atoms with Crippen LogP contribution >= 0.6 is 0 Å². The molecule has 3 atom stereocenters. The van der Waals surface area contributed by atoms with E-state index in [2.05, 4.69) is 24.0 Å². The summed E-state index contributed by atoms with van der Waals surface area (Å²) in [5, 5.41) is 0. The maximum Gasteiger partial charge on any atom is 0.416 e. The van der Waals surface area contributed by atoms with Gasteiger partial charge in [-0.05, 0) is 17.4 Å². The maximum atomic E-state index is 13.1. The third-order valence-corrected chi connectivity index (χ3v) is 5.52. The van der Waals surface area contributed by atoms with Gasteiger partial charge in [0.25, 0.3) is 0 Å². The molecule has 3 rings (SSSR count). The highest BCUT2D eigenvalue weighted by molar-refractivity contribution is 5.95. The second-order valence-electron chi connectivity index (χ2n) is 7.55. The minimum atomic E-state index is -0.472. The topological polar surface area (TPSA) is 49.9 Å². The number of ether oxygens (including phenoxy) is 1. The highest BCUT2D eigenvalue weighted by Gasteiger charge is 2.46. The number of nitrogens with zero attached hydrogens (tertiary/aromatic N) is 2. The first kappa shape index (κ1) is 17.9. The molecule has 0 spiro atoms. The van der Waals surface area contributed by atoms with Crippen molar-refractivity contribution in [2.75, 3.05) is 19.7 Å². The zero-order valence-electron chi connectivity index (χ0n) is 15.4. The Morgan fingerprint density at radius 1 is 1.24 bits per heavy atom. The summed E-state index contributed by atoms with van der Waals surface area (Å²) in [5.41, 5.74) is 1.26. The van der Waals surface area contributed by atoms with E-state index in [1.165, 1.54) is 10.5 Å². The average Bonchev–Trinajstić information content (AvgIpc) is 3.18.